The molecule has 150 valence electrons. The molecule has 0 saturated carbocycles. The maximum absolute atomic E-state index is 10.4. The Kier molecular flexibility index (Phi) is 5.43. The first-order chi connectivity index (χ1) is 12.9. The summed E-state index contributed by atoms with van der Waals surface area (Å²) in [6.45, 7) is 10.1. The Hall–Kier alpha value is -1.21. The number of hydrogen-bond acceptors (Lipinski definition) is 6. The molecule has 0 amide bonds. The van der Waals surface area contributed by atoms with E-state index in [1.54, 1.807) is 0 Å². The molecule has 1 aromatic heterocycles. The topological polar surface area (TPSA) is 52.1 Å². The molecule has 1 N–H and O–H groups in total. The van der Waals surface area contributed by atoms with Gasteiger partial charge in [-0.3, -0.25) is 4.90 Å². The quantitative estimate of drug-likeness (QED) is 0.870. The van der Waals surface area contributed by atoms with Gasteiger partial charge in [-0.2, -0.15) is 0 Å². The molecule has 3 aliphatic heterocycles. The maximum atomic E-state index is 10.4. The van der Waals surface area contributed by atoms with E-state index >= 15 is 0 Å². The summed E-state index contributed by atoms with van der Waals surface area (Å²) < 4.78 is 6.12. The van der Waals surface area contributed by atoms with Gasteiger partial charge in [0.05, 0.1) is 17.8 Å². The van der Waals surface area contributed by atoms with Crippen molar-refractivity contribution in [1.29, 1.82) is 0 Å². The number of rotatable bonds is 3. The molecule has 0 radical (unpaired) electrons. The van der Waals surface area contributed by atoms with Gasteiger partial charge in [-0.1, -0.05) is 6.07 Å². The fraction of sp³-hybridized carbons (Fsp3) is 0.762. The van der Waals surface area contributed by atoms with Gasteiger partial charge < -0.3 is 19.6 Å². The monoisotopic (exact) mass is 374 g/mol. The van der Waals surface area contributed by atoms with Crippen molar-refractivity contribution in [3.05, 3.63) is 23.9 Å². The minimum absolute atomic E-state index is 0.139. The first kappa shape index (κ1) is 19.1. The second-order valence-corrected chi connectivity index (χ2v) is 9.05. The van der Waals surface area contributed by atoms with Crippen molar-refractivity contribution in [2.75, 3.05) is 57.8 Å². The standard InChI is InChI=1S/C21H34N4O2/c1-20(26)7-14-27-21(17-20)5-8-25(9-6-21)19-4-3-18(15-22-19)16-24-12-10-23(2)11-13-24/h3-4,15,26H,5-14,16-17H2,1-2H3. The molecule has 3 aliphatic rings. The summed E-state index contributed by atoms with van der Waals surface area (Å²) in [7, 11) is 2.19. The highest BCUT2D eigenvalue weighted by Crippen LogP contribution is 2.39. The normalized spacial score (nSPS) is 30.0. The molecular formula is C21H34N4O2. The number of nitrogens with zero attached hydrogens (tertiary/aromatic N) is 4. The number of pyridine rings is 1. The fourth-order valence-corrected chi connectivity index (χ4v) is 4.75. The van der Waals surface area contributed by atoms with Crippen molar-refractivity contribution in [2.24, 2.45) is 0 Å². The zero-order valence-corrected chi connectivity index (χ0v) is 16.9. The average molecular weight is 375 g/mol. The van der Waals surface area contributed by atoms with Gasteiger partial charge in [-0.05, 0) is 44.9 Å². The number of hydrogen-bond donors (Lipinski definition) is 1. The Morgan fingerprint density at radius 1 is 1.07 bits per heavy atom. The van der Waals surface area contributed by atoms with Crippen LogP contribution in [-0.2, 0) is 11.3 Å². The first-order valence-corrected chi connectivity index (χ1v) is 10.4. The van der Waals surface area contributed by atoms with Crippen molar-refractivity contribution < 1.29 is 9.84 Å². The number of anilines is 1. The van der Waals surface area contributed by atoms with Crippen LogP contribution in [0, 0.1) is 0 Å². The summed E-state index contributed by atoms with van der Waals surface area (Å²) >= 11 is 0. The molecule has 6 nitrogen and oxygen atoms in total. The Morgan fingerprint density at radius 2 is 1.81 bits per heavy atom. The minimum Gasteiger partial charge on any atom is -0.390 e. The smallest absolute Gasteiger partial charge is 0.128 e. The summed E-state index contributed by atoms with van der Waals surface area (Å²) in [6.07, 6.45) is 5.47. The fourth-order valence-electron chi connectivity index (χ4n) is 4.75. The van der Waals surface area contributed by atoms with Crippen molar-refractivity contribution in [3.63, 3.8) is 0 Å². The molecular weight excluding hydrogens is 340 g/mol. The zero-order valence-electron chi connectivity index (χ0n) is 16.9. The van der Waals surface area contributed by atoms with E-state index < -0.39 is 5.60 Å². The zero-order chi connectivity index (χ0) is 18.9. The molecule has 0 aromatic carbocycles. The molecule has 1 spiro atoms. The summed E-state index contributed by atoms with van der Waals surface area (Å²) in [5.41, 5.74) is 0.576. The van der Waals surface area contributed by atoms with Crippen molar-refractivity contribution in [3.8, 4) is 0 Å². The lowest BCUT2D eigenvalue weighted by atomic mass is 9.78. The number of ether oxygens (including phenoxy) is 1. The van der Waals surface area contributed by atoms with Crippen LogP contribution >= 0.6 is 0 Å². The Bertz CT molecular complexity index is 618. The van der Waals surface area contributed by atoms with Crippen LogP contribution in [0.4, 0.5) is 5.82 Å². The lowest BCUT2D eigenvalue weighted by molar-refractivity contribution is -0.162. The highest BCUT2D eigenvalue weighted by molar-refractivity contribution is 5.40. The molecule has 1 aromatic rings. The van der Waals surface area contributed by atoms with Gasteiger partial charge in [-0.15, -0.1) is 0 Å². The molecule has 0 aliphatic carbocycles. The van der Waals surface area contributed by atoms with E-state index in [0.29, 0.717) is 6.61 Å². The van der Waals surface area contributed by atoms with Crippen LogP contribution in [0.1, 0.15) is 38.2 Å². The van der Waals surface area contributed by atoms with Crippen LogP contribution in [-0.4, -0.2) is 84.0 Å². The van der Waals surface area contributed by atoms with Crippen LogP contribution in [0.5, 0.6) is 0 Å². The van der Waals surface area contributed by atoms with E-state index in [2.05, 4.69) is 33.9 Å². The van der Waals surface area contributed by atoms with E-state index in [1.165, 1.54) is 5.56 Å². The third-order valence-corrected chi connectivity index (χ3v) is 6.56. The molecule has 3 fully saturated rings. The van der Waals surface area contributed by atoms with Gasteiger partial charge in [0.25, 0.3) is 0 Å². The third kappa shape index (κ3) is 4.62. The predicted molar refractivity (Wildman–Crippen MR) is 107 cm³/mol. The van der Waals surface area contributed by atoms with E-state index in [1.807, 2.05) is 13.1 Å². The molecule has 4 rings (SSSR count). The van der Waals surface area contributed by atoms with E-state index in [9.17, 15) is 5.11 Å². The Balaban J connectivity index is 1.31. The summed E-state index contributed by atoms with van der Waals surface area (Å²) in [6, 6.07) is 4.40. The van der Waals surface area contributed by atoms with Crippen LogP contribution in [0.3, 0.4) is 0 Å². The third-order valence-electron chi connectivity index (χ3n) is 6.56. The summed E-state index contributed by atoms with van der Waals surface area (Å²) in [4.78, 5) is 12.0. The van der Waals surface area contributed by atoms with Gasteiger partial charge in [0.15, 0.2) is 0 Å². The van der Waals surface area contributed by atoms with Crippen LogP contribution in [0.25, 0.3) is 0 Å². The summed E-state index contributed by atoms with van der Waals surface area (Å²) in [5.74, 6) is 1.06. The minimum atomic E-state index is -0.580. The largest absolute Gasteiger partial charge is 0.390 e. The van der Waals surface area contributed by atoms with Crippen LogP contribution < -0.4 is 4.90 Å². The number of piperazine rings is 1. The lowest BCUT2D eigenvalue weighted by Crippen LogP contribution is -2.53. The van der Waals surface area contributed by atoms with Gasteiger partial charge in [0.1, 0.15) is 5.82 Å². The molecule has 0 bridgehead atoms. The SMILES string of the molecule is CN1CCN(Cc2ccc(N3CCC4(CC3)CC(C)(O)CCO4)nc2)CC1. The highest BCUT2D eigenvalue weighted by Gasteiger charge is 2.44. The number of piperidine rings is 1. The lowest BCUT2D eigenvalue weighted by Gasteiger charge is -2.48. The van der Waals surface area contributed by atoms with Crippen molar-refractivity contribution >= 4 is 5.82 Å². The molecule has 1 atom stereocenters. The molecule has 6 heteroatoms. The Labute approximate surface area is 163 Å². The Morgan fingerprint density at radius 3 is 2.44 bits per heavy atom. The second kappa shape index (κ2) is 7.66. The van der Waals surface area contributed by atoms with E-state index in [0.717, 1.165) is 77.3 Å². The maximum Gasteiger partial charge on any atom is 0.128 e. The number of aliphatic hydroxyl groups is 1. The molecule has 1 unspecified atom stereocenters. The molecule has 27 heavy (non-hydrogen) atoms. The van der Waals surface area contributed by atoms with Gasteiger partial charge in [-0.25, -0.2) is 4.98 Å². The number of aromatic nitrogens is 1. The number of likely N-dealkylation sites (N-methyl/N-ethyl adjacent to an activating group) is 1. The summed E-state index contributed by atoms with van der Waals surface area (Å²) in [5, 5.41) is 10.4. The van der Waals surface area contributed by atoms with Crippen LogP contribution in [0.15, 0.2) is 18.3 Å². The van der Waals surface area contributed by atoms with Crippen molar-refractivity contribution in [1.82, 2.24) is 14.8 Å². The second-order valence-electron chi connectivity index (χ2n) is 9.05. The molecule has 3 saturated heterocycles. The van der Waals surface area contributed by atoms with E-state index in [4.69, 9.17) is 9.72 Å². The molecule has 4 heterocycles. The van der Waals surface area contributed by atoms with Gasteiger partial charge in [0.2, 0.25) is 0 Å². The predicted octanol–water partition coefficient (Wildman–Crippen LogP) is 1.73. The highest BCUT2D eigenvalue weighted by atomic mass is 16.5. The first-order valence-electron chi connectivity index (χ1n) is 10.4. The van der Waals surface area contributed by atoms with E-state index in [-0.39, 0.29) is 5.60 Å². The van der Waals surface area contributed by atoms with Crippen molar-refractivity contribution in [2.45, 2.75) is 50.4 Å². The van der Waals surface area contributed by atoms with Gasteiger partial charge in [0, 0.05) is 58.4 Å². The van der Waals surface area contributed by atoms with Gasteiger partial charge >= 0.3 is 0 Å². The van der Waals surface area contributed by atoms with Crippen LogP contribution in [0.2, 0.25) is 0 Å². The average Bonchev–Trinajstić information content (AvgIpc) is 2.64.